The summed E-state index contributed by atoms with van der Waals surface area (Å²) < 4.78 is 50.0. The van der Waals surface area contributed by atoms with Gasteiger partial charge in [-0.2, -0.15) is 13.2 Å². The lowest BCUT2D eigenvalue weighted by atomic mass is 10.0. The molecule has 0 radical (unpaired) electrons. The number of benzene rings is 3. The Kier molecular flexibility index (Phi) is 8.81. The summed E-state index contributed by atoms with van der Waals surface area (Å²) in [7, 11) is 1.21. The maximum Gasteiger partial charge on any atom is 0.416 e. The molecule has 37 heavy (non-hydrogen) atoms. The van der Waals surface area contributed by atoms with Crippen molar-refractivity contribution < 1.29 is 37.3 Å². The molecule has 3 rings (SSSR count). The second kappa shape index (κ2) is 11.8. The van der Waals surface area contributed by atoms with Gasteiger partial charge in [0.15, 0.2) is 0 Å². The third-order valence-electron chi connectivity index (χ3n) is 5.88. The number of nitrogens with one attached hydrogen (secondary N) is 1. The molecule has 3 aromatic carbocycles. The molecule has 0 saturated heterocycles. The second-order valence-corrected chi connectivity index (χ2v) is 8.46. The number of carboxylic acid groups (broad SMARTS) is 1. The van der Waals surface area contributed by atoms with E-state index in [1.54, 1.807) is 37.3 Å². The molecule has 0 bridgehead atoms. The highest BCUT2D eigenvalue weighted by molar-refractivity contribution is 5.97. The molecule has 9 heteroatoms. The molecule has 0 fully saturated rings. The largest absolute Gasteiger partial charge is 0.496 e. The molecule has 0 aromatic heterocycles. The zero-order chi connectivity index (χ0) is 27.2. The molecule has 1 amide bonds. The number of carbonyl (C=O) groups is 2. The maximum atomic E-state index is 13.0. The summed E-state index contributed by atoms with van der Waals surface area (Å²) in [6, 6.07) is 14.9. The average molecular weight is 516 g/mol. The molecule has 0 spiro atoms. The lowest BCUT2D eigenvalue weighted by molar-refractivity contribution is -0.138. The number of carboxylic acids is 1. The molecule has 196 valence electrons. The first-order chi connectivity index (χ1) is 17.5. The molecule has 0 aliphatic carbocycles. The molecule has 0 heterocycles. The van der Waals surface area contributed by atoms with Gasteiger partial charge in [-0.15, -0.1) is 0 Å². The Labute approximate surface area is 213 Å². The van der Waals surface area contributed by atoms with Gasteiger partial charge in [0.1, 0.15) is 17.2 Å². The summed E-state index contributed by atoms with van der Waals surface area (Å²) in [5.41, 5.74) is 1.78. The van der Waals surface area contributed by atoms with E-state index in [4.69, 9.17) is 14.6 Å². The SMILES string of the molecule is CCc1cc(Oc2cccc(C(C)NC(=O)c3ccc(C(F)(F)F)cc3OC)c2)ccc1CCC(=O)O. The van der Waals surface area contributed by atoms with Gasteiger partial charge < -0.3 is 19.9 Å². The Hall–Kier alpha value is -4.01. The van der Waals surface area contributed by atoms with E-state index in [2.05, 4.69) is 5.32 Å². The van der Waals surface area contributed by atoms with Crippen molar-refractivity contribution in [3.05, 3.63) is 88.5 Å². The highest BCUT2D eigenvalue weighted by atomic mass is 19.4. The predicted octanol–water partition coefficient (Wildman–Crippen LogP) is 6.58. The molecule has 1 unspecified atom stereocenters. The second-order valence-electron chi connectivity index (χ2n) is 8.46. The Morgan fingerprint density at radius 2 is 1.73 bits per heavy atom. The van der Waals surface area contributed by atoms with Gasteiger partial charge in [-0.1, -0.05) is 25.1 Å². The number of hydrogen-bond acceptors (Lipinski definition) is 4. The minimum Gasteiger partial charge on any atom is -0.496 e. The van der Waals surface area contributed by atoms with E-state index < -0.39 is 29.7 Å². The van der Waals surface area contributed by atoms with E-state index in [0.29, 0.717) is 17.9 Å². The molecular weight excluding hydrogens is 487 g/mol. The number of halogens is 3. The van der Waals surface area contributed by atoms with Gasteiger partial charge in [0.2, 0.25) is 0 Å². The van der Waals surface area contributed by atoms with E-state index in [0.717, 1.165) is 41.3 Å². The topological polar surface area (TPSA) is 84.9 Å². The fourth-order valence-corrected chi connectivity index (χ4v) is 3.88. The van der Waals surface area contributed by atoms with Crippen molar-refractivity contribution in [1.29, 1.82) is 0 Å². The highest BCUT2D eigenvalue weighted by Crippen LogP contribution is 2.33. The van der Waals surface area contributed by atoms with Crippen molar-refractivity contribution in [3.8, 4) is 17.2 Å². The van der Waals surface area contributed by atoms with Crippen molar-refractivity contribution in [2.24, 2.45) is 0 Å². The number of amides is 1. The minimum absolute atomic E-state index is 0.00941. The molecule has 6 nitrogen and oxygen atoms in total. The number of methoxy groups -OCH3 is 1. The van der Waals surface area contributed by atoms with Gasteiger partial charge >= 0.3 is 12.1 Å². The van der Waals surface area contributed by atoms with Crippen LogP contribution in [-0.4, -0.2) is 24.1 Å². The van der Waals surface area contributed by atoms with E-state index in [1.807, 2.05) is 19.1 Å². The van der Waals surface area contributed by atoms with Crippen molar-refractivity contribution in [3.63, 3.8) is 0 Å². The van der Waals surface area contributed by atoms with Crippen LogP contribution in [0.2, 0.25) is 0 Å². The summed E-state index contributed by atoms with van der Waals surface area (Å²) in [5, 5.41) is 11.7. The first kappa shape index (κ1) is 27.6. The molecule has 0 aliphatic heterocycles. The summed E-state index contributed by atoms with van der Waals surface area (Å²) in [4.78, 5) is 23.7. The predicted molar refractivity (Wildman–Crippen MR) is 132 cm³/mol. The van der Waals surface area contributed by atoms with Crippen LogP contribution in [-0.2, 0) is 23.8 Å². The number of rotatable bonds is 10. The molecule has 3 aromatic rings. The van der Waals surface area contributed by atoms with E-state index in [1.165, 1.54) is 7.11 Å². The van der Waals surface area contributed by atoms with Crippen molar-refractivity contribution in [2.75, 3.05) is 7.11 Å². The molecule has 0 saturated carbocycles. The van der Waals surface area contributed by atoms with Gasteiger partial charge in [-0.05, 0) is 78.9 Å². The van der Waals surface area contributed by atoms with Crippen molar-refractivity contribution in [1.82, 2.24) is 5.32 Å². The number of carbonyl (C=O) groups excluding carboxylic acids is 1. The van der Waals surface area contributed by atoms with Crippen LogP contribution in [0.25, 0.3) is 0 Å². The Balaban J connectivity index is 1.73. The van der Waals surface area contributed by atoms with Gasteiger partial charge in [-0.25, -0.2) is 0 Å². The quantitative estimate of drug-likeness (QED) is 0.319. The fourth-order valence-electron chi connectivity index (χ4n) is 3.88. The van der Waals surface area contributed by atoms with Crippen LogP contribution in [0.4, 0.5) is 13.2 Å². The number of hydrogen-bond donors (Lipinski definition) is 2. The Bertz CT molecular complexity index is 1270. The van der Waals surface area contributed by atoms with E-state index in [9.17, 15) is 22.8 Å². The Morgan fingerprint density at radius 1 is 1.00 bits per heavy atom. The highest BCUT2D eigenvalue weighted by Gasteiger charge is 2.32. The van der Waals surface area contributed by atoms with Crippen LogP contribution in [0.15, 0.2) is 60.7 Å². The third-order valence-corrected chi connectivity index (χ3v) is 5.88. The van der Waals surface area contributed by atoms with Crippen molar-refractivity contribution >= 4 is 11.9 Å². The molecule has 1 atom stereocenters. The minimum atomic E-state index is -4.55. The van der Waals surface area contributed by atoms with Gasteiger partial charge in [0, 0.05) is 6.42 Å². The van der Waals surface area contributed by atoms with E-state index >= 15 is 0 Å². The Morgan fingerprint density at radius 3 is 2.38 bits per heavy atom. The van der Waals surface area contributed by atoms with E-state index in [-0.39, 0.29) is 17.7 Å². The van der Waals surface area contributed by atoms with Crippen LogP contribution in [0.1, 0.15) is 58.9 Å². The number of ether oxygens (including phenoxy) is 2. The van der Waals surface area contributed by atoms with Crippen LogP contribution in [0.3, 0.4) is 0 Å². The lowest BCUT2D eigenvalue weighted by Gasteiger charge is -2.18. The maximum absolute atomic E-state index is 13.0. The monoisotopic (exact) mass is 515 g/mol. The van der Waals surface area contributed by atoms with Gasteiger partial charge in [0.05, 0.1) is 24.3 Å². The first-order valence-corrected chi connectivity index (χ1v) is 11.7. The van der Waals surface area contributed by atoms with Crippen LogP contribution in [0.5, 0.6) is 17.2 Å². The molecular formula is C28H28F3NO5. The first-order valence-electron chi connectivity index (χ1n) is 11.7. The smallest absolute Gasteiger partial charge is 0.416 e. The normalized spacial score (nSPS) is 12.1. The summed E-state index contributed by atoms with van der Waals surface area (Å²) in [5.74, 6) is -0.466. The van der Waals surface area contributed by atoms with Crippen molar-refractivity contribution in [2.45, 2.75) is 45.3 Å². The summed E-state index contributed by atoms with van der Waals surface area (Å²) in [6.07, 6.45) is -3.33. The average Bonchev–Trinajstić information content (AvgIpc) is 2.86. The summed E-state index contributed by atoms with van der Waals surface area (Å²) in [6.45, 7) is 3.74. The fraction of sp³-hybridized carbons (Fsp3) is 0.286. The third kappa shape index (κ3) is 7.25. The van der Waals surface area contributed by atoms with Crippen LogP contribution >= 0.6 is 0 Å². The van der Waals surface area contributed by atoms with Gasteiger partial charge in [-0.3, -0.25) is 9.59 Å². The number of aliphatic carboxylic acids is 1. The summed E-state index contributed by atoms with van der Waals surface area (Å²) >= 11 is 0. The zero-order valence-corrected chi connectivity index (χ0v) is 20.7. The van der Waals surface area contributed by atoms with Crippen LogP contribution < -0.4 is 14.8 Å². The number of alkyl halides is 3. The zero-order valence-electron chi connectivity index (χ0n) is 20.7. The van der Waals surface area contributed by atoms with Gasteiger partial charge in [0.25, 0.3) is 5.91 Å². The lowest BCUT2D eigenvalue weighted by Crippen LogP contribution is -2.27. The number of aryl methyl sites for hydroxylation is 2. The van der Waals surface area contributed by atoms with Crippen LogP contribution in [0, 0.1) is 0 Å². The molecule has 0 aliphatic rings. The standard InChI is InChI=1S/C28H28F3NO5/c1-4-18-14-23(11-8-19(18)9-13-26(33)34)37-22-7-5-6-20(15-22)17(2)32-27(35)24-12-10-21(28(29,30)31)16-25(24)36-3/h5-8,10-12,14-17H,4,9,13H2,1-3H3,(H,32,35)(H,33,34). The molecule has 2 N–H and O–H groups in total.